The first-order valence-electron chi connectivity index (χ1n) is 7.50. The average molecular weight is 351 g/mol. The van der Waals surface area contributed by atoms with Gasteiger partial charge in [-0.15, -0.1) is 0 Å². The minimum absolute atomic E-state index is 0.180. The number of nitrogens with zero attached hydrogens (tertiary/aromatic N) is 1. The number of carbonyl (C=O) groups is 1. The molecule has 0 spiro atoms. The van der Waals surface area contributed by atoms with Crippen LogP contribution < -0.4 is 10.1 Å². The summed E-state index contributed by atoms with van der Waals surface area (Å²) in [4.78, 5) is 14.3. The van der Waals surface area contributed by atoms with E-state index >= 15 is 0 Å². The highest BCUT2D eigenvalue weighted by Crippen LogP contribution is 2.28. The smallest absolute Gasteiger partial charge is 0.241 e. The van der Waals surface area contributed by atoms with Gasteiger partial charge < -0.3 is 10.1 Å². The van der Waals surface area contributed by atoms with Crippen LogP contribution in [0, 0.1) is 5.82 Å². The van der Waals surface area contributed by atoms with E-state index in [1.165, 1.54) is 19.2 Å². The van der Waals surface area contributed by atoms with Gasteiger partial charge >= 0.3 is 0 Å². The van der Waals surface area contributed by atoms with Gasteiger partial charge in [-0.05, 0) is 49.9 Å². The summed E-state index contributed by atoms with van der Waals surface area (Å²) in [6, 6.07) is 10.9. The maximum absolute atomic E-state index is 13.0. The number of hydrogen-bond donors (Lipinski definition) is 1. The van der Waals surface area contributed by atoms with Crippen LogP contribution in [-0.2, 0) is 11.3 Å². The first kappa shape index (κ1) is 18.2. The van der Waals surface area contributed by atoms with E-state index in [4.69, 9.17) is 16.3 Å². The van der Waals surface area contributed by atoms with Crippen LogP contribution >= 0.6 is 11.6 Å². The molecule has 0 aliphatic carbocycles. The van der Waals surface area contributed by atoms with Crippen LogP contribution in [0.5, 0.6) is 5.75 Å². The summed E-state index contributed by atoms with van der Waals surface area (Å²) in [5.74, 6) is 0.0848. The molecule has 1 atom stereocenters. The molecule has 2 rings (SSSR count). The predicted octanol–water partition coefficient (Wildman–Crippen LogP) is 3.95. The Labute approximate surface area is 146 Å². The largest absolute Gasteiger partial charge is 0.495 e. The molecule has 0 saturated carbocycles. The summed E-state index contributed by atoms with van der Waals surface area (Å²) in [5.41, 5.74) is 1.45. The van der Waals surface area contributed by atoms with E-state index < -0.39 is 6.04 Å². The molecular formula is C18H20ClFN2O2. The van der Waals surface area contributed by atoms with Gasteiger partial charge in [0.05, 0.1) is 18.8 Å². The third kappa shape index (κ3) is 4.69. The van der Waals surface area contributed by atoms with Crippen LogP contribution in [0.25, 0.3) is 0 Å². The molecule has 0 fully saturated rings. The average Bonchev–Trinajstić information content (AvgIpc) is 2.56. The topological polar surface area (TPSA) is 41.6 Å². The summed E-state index contributed by atoms with van der Waals surface area (Å²) >= 11 is 5.97. The number of carbonyl (C=O) groups excluding carboxylic acids is 1. The van der Waals surface area contributed by atoms with Gasteiger partial charge in [-0.3, -0.25) is 9.69 Å². The van der Waals surface area contributed by atoms with E-state index in [1.54, 1.807) is 37.3 Å². The number of likely N-dealkylation sites (N-methyl/N-ethyl adjacent to an activating group) is 1. The van der Waals surface area contributed by atoms with E-state index in [1.807, 2.05) is 11.9 Å². The summed E-state index contributed by atoms with van der Waals surface area (Å²) in [5, 5.41) is 3.34. The number of ether oxygens (including phenoxy) is 1. The molecule has 0 saturated heterocycles. The first-order chi connectivity index (χ1) is 11.4. The third-order valence-electron chi connectivity index (χ3n) is 3.81. The van der Waals surface area contributed by atoms with Crippen LogP contribution in [0.15, 0.2) is 42.5 Å². The molecule has 2 aromatic carbocycles. The van der Waals surface area contributed by atoms with Crippen molar-refractivity contribution in [3.63, 3.8) is 0 Å². The highest BCUT2D eigenvalue weighted by Gasteiger charge is 2.19. The second-order valence-corrected chi connectivity index (χ2v) is 5.99. The normalized spacial score (nSPS) is 12.1. The highest BCUT2D eigenvalue weighted by molar-refractivity contribution is 6.31. The zero-order valence-electron chi connectivity index (χ0n) is 13.8. The monoisotopic (exact) mass is 350 g/mol. The number of nitrogens with one attached hydrogen (secondary N) is 1. The van der Waals surface area contributed by atoms with Crippen LogP contribution in [-0.4, -0.2) is 31.0 Å². The van der Waals surface area contributed by atoms with E-state index in [0.29, 0.717) is 23.0 Å². The van der Waals surface area contributed by atoms with Gasteiger partial charge in [0.15, 0.2) is 0 Å². The molecule has 0 aromatic heterocycles. The standard InChI is InChI=1S/C18H20ClFN2O2/c1-12(22(2)11-13-4-7-15(20)8-5-13)18(23)21-16-10-14(19)6-9-17(16)24-3/h4-10,12H,11H2,1-3H3,(H,21,23)/t12-/m0/s1. The Kier molecular flexibility index (Phi) is 6.17. The molecule has 1 N–H and O–H groups in total. The first-order valence-corrected chi connectivity index (χ1v) is 7.87. The summed E-state index contributed by atoms with van der Waals surface area (Å²) in [6.07, 6.45) is 0. The maximum Gasteiger partial charge on any atom is 0.241 e. The molecule has 24 heavy (non-hydrogen) atoms. The van der Waals surface area contributed by atoms with Crippen LogP contribution in [0.3, 0.4) is 0 Å². The van der Waals surface area contributed by atoms with E-state index in [0.717, 1.165) is 5.56 Å². The Morgan fingerprint density at radius 2 is 1.96 bits per heavy atom. The van der Waals surface area contributed by atoms with Gasteiger partial charge in [-0.2, -0.15) is 0 Å². The van der Waals surface area contributed by atoms with Crippen molar-refractivity contribution in [2.24, 2.45) is 0 Å². The van der Waals surface area contributed by atoms with Crippen molar-refractivity contribution in [1.82, 2.24) is 4.90 Å². The fourth-order valence-electron chi connectivity index (χ4n) is 2.23. The molecule has 4 nitrogen and oxygen atoms in total. The Hall–Kier alpha value is -2.11. The summed E-state index contributed by atoms with van der Waals surface area (Å²) in [7, 11) is 3.37. The fraction of sp³-hybridized carbons (Fsp3) is 0.278. The molecule has 128 valence electrons. The highest BCUT2D eigenvalue weighted by atomic mass is 35.5. The number of benzene rings is 2. The van der Waals surface area contributed by atoms with Crippen molar-refractivity contribution in [3.05, 3.63) is 58.9 Å². The zero-order chi connectivity index (χ0) is 17.7. The summed E-state index contributed by atoms with van der Waals surface area (Å²) < 4.78 is 18.2. The van der Waals surface area contributed by atoms with Crippen molar-refractivity contribution in [2.45, 2.75) is 19.5 Å². The van der Waals surface area contributed by atoms with Gasteiger partial charge in [-0.1, -0.05) is 23.7 Å². The lowest BCUT2D eigenvalue weighted by atomic mass is 10.2. The lowest BCUT2D eigenvalue weighted by Crippen LogP contribution is -2.39. The number of anilines is 1. The van der Waals surface area contributed by atoms with E-state index in [9.17, 15) is 9.18 Å². The van der Waals surface area contributed by atoms with Gasteiger partial charge in [-0.25, -0.2) is 4.39 Å². The fourth-order valence-corrected chi connectivity index (χ4v) is 2.40. The van der Waals surface area contributed by atoms with Crippen LogP contribution in [0.2, 0.25) is 5.02 Å². The molecule has 0 bridgehead atoms. The Morgan fingerprint density at radius 3 is 2.58 bits per heavy atom. The number of hydrogen-bond acceptors (Lipinski definition) is 3. The molecule has 2 aromatic rings. The van der Waals surface area contributed by atoms with Gasteiger partial charge in [0.25, 0.3) is 0 Å². The van der Waals surface area contributed by atoms with Crippen molar-refractivity contribution in [2.75, 3.05) is 19.5 Å². The SMILES string of the molecule is COc1ccc(Cl)cc1NC(=O)[C@H](C)N(C)Cc1ccc(F)cc1. The van der Waals surface area contributed by atoms with Gasteiger partial charge in [0.2, 0.25) is 5.91 Å². The number of amides is 1. The molecule has 6 heteroatoms. The van der Waals surface area contributed by atoms with Crippen molar-refractivity contribution in [1.29, 1.82) is 0 Å². The number of methoxy groups -OCH3 is 1. The lowest BCUT2D eigenvalue weighted by molar-refractivity contribution is -0.120. The Bertz CT molecular complexity index is 707. The second kappa shape index (κ2) is 8.13. The number of rotatable bonds is 6. The maximum atomic E-state index is 13.0. The van der Waals surface area contributed by atoms with Gasteiger partial charge in [0, 0.05) is 11.6 Å². The molecule has 0 radical (unpaired) electrons. The molecule has 0 heterocycles. The third-order valence-corrected chi connectivity index (χ3v) is 4.04. The predicted molar refractivity (Wildman–Crippen MR) is 94.0 cm³/mol. The Balaban J connectivity index is 2.03. The van der Waals surface area contributed by atoms with Crippen molar-refractivity contribution in [3.8, 4) is 5.75 Å². The quantitative estimate of drug-likeness (QED) is 0.857. The number of halogens is 2. The van der Waals surface area contributed by atoms with Crippen LogP contribution in [0.1, 0.15) is 12.5 Å². The van der Waals surface area contributed by atoms with Crippen molar-refractivity contribution >= 4 is 23.2 Å². The van der Waals surface area contributed by atoms with Crippen LogP contribution in [0.4, 0.5) is 10.1 Å². The van der Waals surface area contributed by atoms with E-state index in [-0.39, 0.29) is 11.7 Å². The molecule has 0 aliphatic rings. The molecule has 1 amide bonds. The molecule has 0 aliphatic heterocycles. The molecule has 0 unspecified atom stereocenters. The van der Waals surface area contributed by atoms with E-state index in [2.05, 4.69) is 5.32 Å². The summed E-state index contributed by atoms with van der Waals surface area (Å²) in [6.45, 7) is 2.33. The molecular weight excluding hydrogens is 331 g/mol. The van der Waals surface area contributed by atoms with Gasteiger partial charge in [0.1, 0.15) is 11.6 Å². The zero-order valence-corrected chi connectivity index (χ0v) is 14.6. The second-order valence-electron chi connectivity index (χ2n) is 5.55. The minimum atomic E-state index is -0.390. The Morgan fingerprint density at radius 1 is 1.29 bits per heavy atom. The van der Waals surface area contributed by atoms with Crippen molar-refractivity contribution < 1.29 is 13.9 Å². The lowest BCUT2D eigenvalue weighted by Gasteiger charge is -2.24. The minimum Gasteiger partial charge on any atom is -0.495 e.